The number of likely N-dealkylation sites (N-methyl/N-ethyl adjacent to an activating group) is 1. The predicted molar refractivity (Wildman–Crippen MR) is 87.3 cm³/mol. The Kier molecular flexibility index (Phi) is 4.66. The van der Waals surface area contributed by atoms with Crippen molar-refractivity contribution in [3.63, 3.8) is 0 Å². The number of anilines is 1. The largest absolute Gasteiger partial charge is 0.490 e. The maximum absolute atomic E-state index is 5.66. The summed E-state index contributed by atoms with van der Waals surface area (Å²) in [5, 5.41) is 3.43. The van der Waals surface area contributed by atoms with E-state index in [0.29, 0.717) is 6.04 Å². The summed E-state index contributed by atoms with van der Waals surface area (Å²) < 4.78 is 5.66. The number of benzene rings is 1. The van der Waals surface area contributed by atoms with Crippen LogP contribution in [0.3, 0.4) is 0 Å². The van der Waals surface area contributed by atoms with Crippen molar-refractivity contribution >= 4 is 5.69 Å². The highest BCUT2D eigenvalue weighted by atomic mass is 16.5. The molecule has 2 heterocycles. The molecule has 0 spiro atoms. The molecule has 1 fully saturated rings. The van der Waals surface area contributed by atoms with E-state index < -0.39 is 0 Å². The third kappa shape index (κ3) is 3.50. The zero-order chi connectivity index (χ0) is 14.7. The summed E-state index contributed by atoms with van der Waals surface area (Å²) >= 11 is 0. The van der Waals surface area contributed by atoms with Crippen LogP contribution in [-0.2, 0) is 6.42 Å². The highest BCUT2D eigenvalue weighted by molar-refractivity contribution is 5.59. The molecule has 116 valence electrons. The molecule has 4 heteroatoms. The van der Waals surface area contributed by atoms with Gasteiger partial charge in [-0.15, -0.1) is 0 Å². The average molecular weight is 289 g/mol. The van der Waals surface area contributed by atoms with E-state index in [1.54, 1.807) is 0 Å². The SMILES string of the molecule is CCC(Cc1ccc2c(c1)NCCO2)N1CCN(C)CC1. The summed E-state index contributed by atoms with van der Waals surface area (Å²) in [4.78, 5) is 5.08. The number of nitrogens with zero attached hydrogens (tertiary/aromatic N) is 2. The minimum Gasteiger partial charge on any atom is -0.490 e. The van der Waals surface area contributed by atoms with Crippen LogP contribution in [0.4, 0.5) is 5.69 Å². The van der Waals surface area contributed by atoms with Gasteiger partial charge in [0.1, 0.15) is 12.4 Å². The van der Waals surface area contributed by atoms with Crippen molar-refractivity contribution in [1.82, 2.24) is 9.80 Å². The molecule has 0 bridgehead atoms. The summed E-state index contributed by atoms with van der Waals surface area (Å²) in [6.07, 6.45) is 2.35. The van der Waals surface area contributed by atoms with Gasteiger partial charge in [-0.05, 0) is 37.6 Å². The Bertz CT molecular complexity index is 469. The van der Waals surface area contributed by atoms with Gasteiger partial charge in [0, 0.05) is 38.8 Å². The average Bonchev–Trinajstić information content (AvgIpc) is 2.53. The molecule has 4 nitrogen and oxygen atoms in total. The van der Waals surface area contributed by atoms with E-state index >= 15 is 0 Å². The van der Waals surface area contributed by atoms with E-state index in [9.17, 15) is 0 Å². The van der Waals surface area contributed by atoms with Crippen molar-refractivity contribution in [3.8, 4) is 5.75 Å². The van der Waals surface area contributed by atoms with Crippen LogP contribution in [0.2, 0.25) is 0 Å². The molecule has 2 aliphatic heterocycles. The lowest BCUT2D eigenvalue weighted by Gasteiger charge is -2.38. The van der Waals surface area contributed by atoms with Gasteiger partial charge in [0.2, 0.25) is 0 Å². The summed E-state index contributed by atoms with van der Waals surface area (Å²) in [6, 6.07) is 7.27. The van der Waals surface area contributed by atoms with E-state index in [4.69, 9.17) is 4.74 Å². The highest BCUT2D eigenvalue weighted by Crippen LogP contribution is 2.29. The first-order chi connectivity index (χ1) is 10.3. The number of nitrogens with one attached hydrogen (secondary N) is 1. The number of piperazine rings is 1. The summed E-state index contributed by atoms with van der Waals surface area (Å²) in [5.74, 6) is 0.998. The molecule has 1 aromatic rings. The monoisotopic (exact) mass is 289 g/mol. The van der Waals surface area contributed by atoms with Gasteiger partial charge >= 0.3 is 0 Å². The smallest absolute Gasteiger partial charge is 0.142 e. The van der Waals surface area contributed by atoms with E-state index in [-0.39, 0.29) is 0 Å². The Labute approximate surface area is 128 Å². The molecule has 2 aliphatic rings. The minimum atomic E-state index is 0.654. The first-order valence-electron chi connectivity index (χ1n) is 8.18. The lowest BCUT2D eigenvalue weighted by Crippen LogP contribution is -2.49. The van der Waals surface area contributed by atoms with Crippen molar-refractivity contribution in [2.45, 2.75) is 25.8 Å². The fourth-order valence-electron chi connectivity index (χ4n) is 3.31. The molecular weight excluding hydrogens is 262 g/mol. The second-order valence-electron chi connectivity index (χ2n) is 6.21. The molecule has 0 amide bonds. The molecule has 0 radical (unpaired) electrons. The maximum atomic E-state index is 5.66. The third-order valence-corrected chi connectivity index (χ3v) is 4.72. The molecule has 1 saturated heterocycles. The van der Waals surface area contributed by atoms with Crippen LogP contribution in [0.1, 0.15) is 18.9 Å². The fourth-order valence-corrected chi connectivity index (χ4v) is 3.31. The zero-order valence-corrected chi connectivity index (χ0v) is 13.3. The number of hydrogen-bond donors (Lipinski definition) is 1. The molecule has 3 rings (SSSR count). The van der Waals surface area contributed by atoms with Gasteiger partial charge in [-0.25, -0.2) is 0 Å². The van der Waals surface area contributed by atoms with Gasteiger partial charge in [-0.3, -0.25) is 4.90 Å². The topological polar surface area (TPSA) is 27.7 Å². The molecule has 1 N–H and O–H groups in total. The standard InChI is InChI=1S/C17H27N3O/c1-3-15(20-9-7-19(2)8-10-20)12-14-4-5-17-16(13-14)18-6-11-21-17/h4-5,13,15,18H,3,6-12H2,1-2H3. The van der Waals surface area contributed by atoms with Crippen molar-refractivity contribution < 1.29 is 4.74 Å². The van der Waals surface area contributed by atoms with Gasteiger partial charge in [0.25, 0.3) is 0 Å². The van der Waals surface area contributed by atoms with Crippen LogP contribution in [0.25, 0.3) is 0 Å². The number of fused-ring (bicyclic) bond motifs is 1. The predicted octanol–water partition coefficient (Wildman–Crippen LogP) is 2.06. The zero-order valence-electron chi connectivity index (χ0n) is 13.3. The summed E-state index contributed by atoms with van der Waals surface area (Å²) in [5.41, 5.74) is 2.57. The van der Waals surface area contributed by atoms with Crippen LogP contribution in [0, 0.1) is 0 Å². The lowest BCUT2D eigenvalue weighted by atomic mass is 10.0. The molecule has 21 heavy (non-hydrogen) atoms. The van der Waals surface area contributed by atoms with E-state index in [0.717, 1.165) is 31.0 Å². The first-order valence-corrected chi connectivity index (χ1v) is 8.18. The molecule has 0 saturated carbocycles. The summed E-state index contributed by atoms with van der Waals surface area (Å²) in [7, 11) is 2.22. The number of ether oxygens (including phenoxy) is 1. The van der Waals surface area contributed by atoms with Crippen molar-refractivity contribution in [1.29, 1.82) is 0 Å². The lowest BCUT2D eigenvalue weighted by molar-refractivity contribution is 0.109. The molecular formula is C17H27N3O. The third-order valence-electron chi connectivity index (χ3n) is 4.72. The fraction of sp³-hybridized carbons (Fsp3) is 0.647. The van der Waals surface area contributed by atoms with Crippen molar-refractivity contribution in [2.75, 3.05) is 51.7 Å². The molecule has 0 aromatic heterocycles. The van der Waals surface area contributed by atoms with Gasteiger partial charge in [-0.2, -0.15) is 0 Å². The Balaban J connectivity index is 1.66. The molecule has 1 atom stereocenters. The number of rotatable bonds is 4. The second kappa shape index (κ2) is 6.67. The van der Waals surface area contributed by atoms with Crippen LogP contribution in [-0.4, -0.2) is 62.2 Å². The van der Waals surface area contributed by atoms with E-state index in [1.807, 2.05) is 0 Å². The van der Waals surface area contributed by atoms with Crippen molar-refractivity contribution in [2.24, 2.45) is 0 Å². The number of hydrogen-bond acceptors (Lipinski definition) is 4. The summed E-state index contributed by atoms with van der Waals surface area (Å²) in [6.45, 7) is 8.76. The maximum Gasteiger partial charge on any atom is 0.142 e. The molecule has 0 aliphatic carbocycles. The first kappa shape index (κ1) is 14.7. The quantitative estimate of drug-likeness (QED) is 0.918. The van der Waals surface area contributed by atoms with Gasteiger partial charge in [0.15, 0.2) is 0 Å². The molecule has 1 unspecified atom stereocenters. The van der Waals surface area contributed by atoms with E-state index in [2.05, 4.69) is 47.3 Å². The Morgan fingerprint density at radius 1 is 1.24 bits per heavy atom. The van der Waals surface area contributed by atoms with Crippen LogP contribution in [0.5, 0.6) is 5.75 Å². The van der Waals surface area contributed by atoms with Crippen LogP contribution < -0.4 is 10.1 Å². The Hall–Kier alpha value is -1.26. The van der Waals surface area contributed by atoms with Gasteiger partial charge in [-0.1, -0.05) is 13.0 Å². The highest BCUT2D eigenvalue weighted by Gasteiger charge is 2.22. The Morgan fingerprint density at radius 3 is 2.81 bits per heavy atom. The van der Waals surface area contributed by atoms with Gasteiger partial charge < -0.3 is 15.0 Å². The van der Waals surface area contributed by atoms with Gasteiger partial charge in [0.05, 0.1) is 5.69 Å². The van der Waals surface area contributed by atoms with Crippen molar-refractivity contribution in [3.05, 3.63) is 23.8 Å². The second-order valence-corrected chi connectivity index (χ2v) is 6.21. The van der Waals surface area contributed by atoms with E-state index in [1.165, 1.54) is 38.2 Å². The van der Waals surface area contributed by atoms with Crippen LogP contribution >= 0.6 is 0 Å². The minimum absolute atomic E-state index is 0.654. The normalized spacial score (nSPS) is 21.2. The molecule has 1 aromatic carbocycles. The Morgan fingerprint density at radius 2 is 2.05 bits per heavy atom. The van der Waals surface area contributed by atoms with Crippen LogP contribution in [0.15, 0.2) is 18.2 Å².